The van der Waals surface area contributed by atoms with Gasteiger partial charge in [-0.2, -0.15) is 0 Å². The van der Waals surface area contributed by atoms with Crippen molar-refractivity contribution in [1.82, 2.24) is 4.98 Å². The highest BCUT2D eigenvalue weighted by Gasteiger charge is 2.01. The molecule has 17 heavy (non-hydrogen) atoms. The van der Waals surface area contributed by atoms with Crippen LogP contribution in [-0.4, -0.2) is 16.1 Å². The Hall–Kier alpha value is -2.07. The number of nitrogens with one attached hydrogen (secondary N) is 1. The zero-order valence-corrected chi connectivity index (χ0v) is 9.65. The fourth-order valence-corrected chi connectivity index (χ4v) is 1.30. The fourth-order valence-electron chi connectivity index (χ4n) is 1.30. The number of carboxylic acid groups (broad SMARTS) is 1. The van der Waals surface area contributed by atoms with E-state index in [1.807, 2.05) is 12.1 Å². The minimum Gasteiger partial charge on any atom is -0.478 e. The lowest BCUT2D eigenvalue weighted by molar-refractivity contribution is 0.0697. The van der Waals surface area contributed by atoms with Gasteiger partial charge in [-0.15, -0.1) is 12.4 Å². The van der Waals surface area contributed by atoms with E-state index in [1.165, 1.54) is 0 Å². The van der Waals surface area contributed by atoms with Crippen LogP contribution in [-0.2, 0) is 0 Å². The zero-order valence-electron chi connectivity index (χ0n) is 8.83. The third-order valence-corrected chi connectivity index (χ3v) is 2.08. The smallest absolute Gasteiger partial charge is 0.335 e. The highest BCUT2D eigenvalue weighted by Crippen LogP contribution is 2.15. The summed E-state index contributed by atoms with van der Waals surface area (Å²) >= 11 is 0. The second-order valence-electron chi connectivity index (χ2n) is 3.25. The van der Waals surface area contributed by atoms with Gasteiger partial charge in [-0.1, -0.05) is 0 Å². The summed E-state index contributed by atoms with van der Waals surface area (Å²) in [4.78, 5) is 14.6. The number of halogens is 1. The summed E-state index contributed by atoms with van der Waals surface area (Å²) in [6.45, 7) is 0. The fraction of sp³-hybridized carbons (Fsp3) is 0. The topological polar surface area (TPSA) is 62.2 Å². The molecule has 0 bridgehead atoms. The minimum absolute atomic E-state index is 0. The standard InChI is InChI=1S/C12H10N2O2.ClH/c15-12(16)9-3-5-10(6-4-9)14-11-2-1-7-13-8-11;/h1-8,14H,(H,15,16);1H. The summed E-state index contributed by atoms with van der Waals surface area (Å²) in [7, 11) is 0. The lowest BCUT2D eigenvalue weighted by Gasteiger charge is -2.05. The van der Waals surface area contributed by atoms with Crippen LogP contribution in [0.3, 0.4) is 0 Å². The molecule has 4 nitrogen and oxygen atoms in total. The molecule has 88 valence electrons. The molecule has 0 radical (unpaired) electrons. The molecule has 2 aromatic rings. The zero-order chi connectivity index (χ0) is 11.4. The number of hydrogen-bond acceptors (Lipinski definition) is 3. The first-order chi connectivity index (χ1) is 7.75. The molecule has 2 N–H and O–H groups in total. The lowest BCUT2D eigenvalue weighted by Crippen LogP contribution is -1.96. The number of aromatic nitrogens is 1. The average Bonchev–Trinajstić information content (AvgIpc) is 2.31. The maximum absolute atomic E-state index is 10.6. The van der Waals surface area contributed by atoms with Crippen LogP contribution in [0, 0.1) is 0 Å². The van der Waals surface area contributed by atoms with Gasteiger partial charge in [-0.25, -0.2) is 4.79 Å². The van der Waals surface area contributed by atoms with E-state index in [9.17, 15) is 4.79 Å². The van der Waals surface area contributed by atoms with Gasteiger partial charge in [0.2, 0.25) is 0 Å². The van der Waals surface area contributed by atoms with E-state index < -0.39 is 5.97 Å². The van der Waals surface area contributed by atoms with Crippen LogP contribution in [0.2, 0.25) is 0 Å². The maximum Gasteiger partial charge on any atom is 0.335 e. The van der Waals surface area contributed by atoms with Gasteiger partial charge >= 0.3 is 5.97 Å². The molecule has 5 heteroatoms. The number of nitrogens with zero attached hydrogens (tertiary/aromatic N) is 1. The molecule has 0 saturated carbocycles. The van der Waals surface area contributed by atoms with Gasteiger partial charge in [0, 0.05) is 11.9 Å². The molecule has 0 aliphatic rings. The predicted molar refractivity (Wildman–Crippen MR) is 68.2 cm³/mol. The van der Waals surface area contributed by atoms with E-state index in [0.717, 1.165) is 11.4 Å². The molecule has 0 amide bonds. The Morgan fingerprint density at radius 3 is 2.35 bits per heavy atom. The molecule has 0 spiro atoms. The van der Waals surface area contributed by atoms with Crippen LogP contribution in [0.5, 0.6) is 0 Å². The Balaban J connectivity index is 0.00000144. The molecule has 2 rings (SSSR count). The molecule has 0 atom stereocenters. The molecule has 0 aliphatic carbocycles. The highest BCUT2D eigenvalue weighted by atomic mass is 35.5. The Bertz CT molecular complexity index is 486. The van der Waals surface area contributed by atoms with Crippen LogP contribution in [0.15, 0.2) is 48.8 Å². The van der Waals surface area contributed by atoms with E-state index in [2.05, 4.69) is 10.3 Å². The van der Waals surface area contributed by atoms with Gasteiger partial charge in [0.05, 0.1) is 17.4 Å². The number of hydrogen-bond donors (Lipinski definition) is 2. The quantitative estimate of drug-likeness (QED) is 0.879. The second-order valence-corrected chi connectivity index (χ2v) is 3.25. The minimum atomic E-state index is -0.923. The van der Waals surface area contributed by atoms with Gasteiger partial charge in [0.15, 0.2) is 0 Å². The van der Waals surface area contributed by atoms with Crippen molar-refractivity contribution >= 4 is 29.8 Å². The van der Waals surface area contributed by atoms with Crippen molar-refractivity contribution in [3.63, 3.8) is 0 Å². The highest BCUT2D eigenvalue weighted by molar-refractivity contribution is 5.88. The van der Waals surface area contributed by atoms with Crippen LogP contribution >= 0.6 is 12.4 Å². The van der Waals surface area contributed by atoms with Crippen molar-refractivity contribution in [2.75, 3.05) is 5.32 Å². The summed E-state index contributed by atoms with van der Waals surface area (Å²) < 4.78 is 0. The summed E-state index contributed by atoms with van der Waals surface area (Å²) in [6, 6.07) is 10.3. The summed E-state index contributed by atoms with van der Waals surface area (Å²) in [6.07, 6.45) is 3.39. The van der Waals surface area contributed by atoms with Crippen molar-refractivity contribution in [2.45, 2.75) is 0 Å². The molecule has 0 saturated heterocycles. The third-order valence-electron chi connectivity index (χ3n) is 2.08. The molecular weight excluding hydrogens is 240 g/mol. The monoisotopic (exact) mass is 250 g/mol. The summed E-state index contributed by atoms with van der Waals surface area (Å²) in [5, 5.41) is 11.8. The molecule has 0 unspecified atom stereocenters. The molecular formula is C12H11ClN2O2. The van der Waals surface area contributed by atoms with Crippen LogP contribution < -0.4 is 5.32 Å². The van der Waals surface area contributed by atoms with Gasteiger partial charge in [-0.05, 0) is 36.4 Å². The van der Waals surface area contributed by atoms with E-state index in [0.29, 0.717) is 0 Å². The summed E-state index contributed by atoms with van der Waals surface area (Å²) in [5.41, 5.74) is 1.97. The van der Waals surface area contributed by atoms with Crippen LogP contribution in [0.1, 0.15) is 10.4 Å². The maximum atomic E-state index is 10.6. The first-order valence-electron chi connectivity index (χ1n) is 4.76. The first kappa shape index (κ1) is 13.0. The van der Waals surface area contributed by atoms with Crippen molar-refractivity contribution < 1.29 is 9.90 Å². The number of rotatable bonds is 3. The molecule has 0 aliphatic heterocycles. The van der Waals surface area contributed by atoms with Crippen molar-refractivity contribution in [2.24, 2.45) is 0 Å². The van der Waals surface area contributed by atoms with Gasteiger partial charge in [0.1, 0.15) is 0 Å². The van der Waals surface area contributed by atoms with Gasteiger partial charge < -0.3 is 10.4 Å². The second kappa shape index (κ2) is 5.86. The molecule has 1 heterocycles. The Labute approximate surface area is 105 Å². The van der Waals surface area contributed by atoms with Crippen molar-refractivity contribution in [3.8, 4) is 0 Å². The number of benzene rings is 1. The Morgan fingerprint density at radius 2 is 1.82 bits per heavy atom. The SMILES string of the molecule is Cl.O=C(O)c1ccc(Nc2cccnc2)cc1. The summed E-state index contributed by atoms with van der Waals surface area (Å²) in [5.74, 6) is -0.923. The number of carbonyl (C=O) groups is 1. The predicted octanol–water partition coefficient (Wildman–Crippen LogP) is 2.95. The van der Waals surface area contributed by atoms with E-state index >= 15 is 0 Å². The van der Waals surface area contributed by atoms with Crippen molar-refractivity contribution in [3.05, 3.63) is 54.4 Å². The van der Waals surface area contributed by atoms with Gasteiger partial charge in [0.25, 0.3) is 0 Å². The van der Waals surface area contributed by atoms with E-state index in [1.54, 1.807) is 36.7 Å². The van der Waals surface area contributed by atoms with Crippen LogP contribution in [0.4, 0.5) is 11.4 Å². The number of anilines is 2. The largest absolute Gasteiger partial charge is 0.478 e. The third kappa shape index (κ3) is 3.46. The first-order valence-corrected chi connectivity index (χ1v) is 4.76. The molecule has 1 aromatic carbocycles. The number of pyridine rings is 1. The van der Waals surface area contributed by atoms with E-state index in [-0.39, 0.29) is 18.0 Å². The average molecular weight is 251 g/mol. The van der Waals surface area contributed by atoms with Crippen molar-refractivity contribution in [1.29, 1.82) is 0 Å². The number of carboxylic acids is 1. The Kier molecular flexibility index (Phi) is 4.48. The van der Waals surface area contributed by atoms with Crippen LogP contribution in [0.25, 0.3) is 0 Å². The van der Waals surface area contributed by atoms with Gasteiger partial charge in [-0.3, -0.25) is 4.98 Å². The molecule has 1 aromatic heterocycles. The molecule has 0 fully saturated rings. The number of aromatic carboxylic acids is 1. The Morgan fingerprint density at radius 1 is 1.12 bits per heavy atom. The van der Waals surface area contributed by atoms with E-state index in [4.69, 9.17) is 5.11 Å². The normalized spacial score (nSPS) is 9.18. The lowest BCUT2D eigenvalue weighted by atomic mass is 10.2.